The number of fused-ring (bicyclic) bond motifs is 1. The Morgan fingerprint density at radius 2 is 1.76 bits per heavy atom. The minimum atomic E-state index is -0.855. The Kier molecular flexibility index (Phi) is 3.99. The topological polar surface area (TPSA) is 49.3 Å². The Morgan fingerprint density at radius 1 is 1.00 bits per heavy atom. The largest absolute Gasteiger partial charge is 0.477 e. The molecule has 21 heavy (non-hydrogen) atoms. The van der Waals surface area contributed by atoms with E-state index in [-0.39, 0.29) is 0 Å². The highest BCUT2D eigenvalue weighted by atomic mass is 32.1. The second kappa shape index (κ2) is 6.08. The molecule has 0 aliphatic carbocycles. The monoisotopic (exact) mass is 297 g/mol. The molecule has 4 heteroatoms. The van der Waals surface area contributed by atoms with Gasteiger partial charge in [0.05, 0.1) is 0 Å². The van der Waals surface area contributed by atoms with Crippen molar-refractivity contribution in [3.8, 4) is 0 Å². The van der Waals surface area contributed by atoms with Gasteiger partial charge in [-0.3, -0.25) is 0 Å². The Morgan fingerprint density at radius 3 is 2.62 bits per heavy atom. The van der Waals surface area contributed by atoms with Crippen molar-refractivity contribution in [2.75, 3.05) is 0 Å². The molecule has 0 aliphatic heterocycles. The quantitative estimate of drug-likeness (QED) is 0.751. The molecule has 3 rings (SSSR count). The van der Waals surface area contributed by atoms with Crippen LogP contribution in [0, 0.1) is 0 Å². The fourth-order valence-corrected chi connectivity index (χ4v) is 3.20. The lowest BCUT2D eigenvalue weighted by molar-refractivity contribution is 0.0701. The zero-order chi connectivity index (χ0) is 14.7. The Hall–Kier alpha value is -2.17. The minimum absolute atomic E-state index is 0.417. The number of carboxylic acids is 1. The molecule has 0 radical (unpaired) electrons. The molecule has 2 N–H and O–H groups in total. The van der Waals surface area contributed by atoms with Crippen molar-refractivity contribution in [1.29, 1.82) is 0 Å². The summed E-state index contributed by atoms with van der Waals surface area (Å²) in [4.78, 5) is 11.5. The Balaban J connectivity index is 1.72. The van der Waals surface area contributed by atoms with Crippen LogP contribution in [0.2, 0.25) is 0 Å². The lowest BCUT2D eigenvalue weighted by Gasteiger charge is -2.08. The van der Waals surface area contributed by atoms with Gasteiger partial charge in [-0.2, -0.15) is 0 Å². The van der Waals surface area contributed by atoms with Crippen LogP contribution in [0.4, 0.5) is 0 Å². The molecule has 0 spiro atoms. The van der Waals surface area contributed by atoms with Crippen LogP contribution in [-0.4, -0.2) is 11.1 Å². The van der Waals surface area contributed by atoms with E-state index in [0.29, 0.717) is 11.4 Å². The van der Waals surface area contributed by atoms with Crippen LogP contribution in [0.5, 0.6) is 0 Å². The van der Waals surface area contributed by atoms with Gasteiger partial charge in [0.1, 0.15) is 4.88 Å². The first-order valence-corrected chi connectivity index (χ1v) is 7.60. The van der Waals surface area contributed by atoms with E-state index in [0.717, 1.165) is 12.1 Å². The third-order valence-electron chi connectivity index (χ3n) is 3.45. The number of hydrogen-bond donors (Lipinski definition) is 2. The predicted octanol–water partition coefficient (Wildman–Crippen LogP) is 3.89. The lowest BCUT2D eigenvalue weighted by atomic mass is 10.0. The van der Waals surface area contributed by atoms with E-state index in [1.807, 2.05) is 29.6 Å². The smallest absolute Gasteiger partial charge is 0.346 e. The number of carboxylic acid groups (broad SMARTS) is 1. The zero-order valence-electron chi connectivity index (χ0n) is 11.4. The van der Waals surface area contributed by atoms with Crippen LogP contribution in [0.15, 0.2) is 53.9 Å². The third kappa shape index (κ3) is 2.96. The first kappa shape index (κ1) is 13.8. The number of carbonyl (C=O) groups is 1. The molecule has 0 amide bonds. The summed E-state index contributed by atoms with van der Waals surface area (Å²) in [6.45, 7) is 1.28. The van der Waals surface area contributed by atoms with Crippen molar-refractivity contribution in [2.24, 2.45) is 0 Å². The molecular formula is C17H15NO2S. The molecule has 0 unspecified atom stereocenters. The number of hydrogen-bond acceptors (Lipinski definition) is 3. The van der Waals surface area contributed by atoms with Gasteiger partial charge in [0, 0.05) is 13.1 Å². The molecule has 2 aromatic carbocycles. The number of rotatable bonds is 5. The average Bonchev–Trinajstić information content (AvgIpc) is 2.96. The van der Waals surface area contributed by atoms with Gasteiger partial charge in [-0.15, -0.1) is 11.3 Å². The fraction of sp³-hybridized carbons (Fsp3) is 0.118. The fourth-order valence-electron chi connectivity index (χ4n) is 2.44. The van der Waals surface area contributed by atoms with Gasteiger partial charge in [0.25, 0.3) is 0 Å². The summed E-state index contributed by atoms with van der Waals surface area (Å²) in [7, 11) is 0. The van der Waals surface area contributed by atoms with Gasteiger partial charge in [-0.1, -0.05) is 42.5 Å². The number of thiophene rings is 1. The summed E-state index contributed by atoms with van der Waals surface area (Å²) in [5.74, 6) is -0.855. The standard InChI is InChI=1S/C17H15NO2S/c19-17(20)16-14(8-9-21-16)11-18-10-13-6-3-5-12-4-1-2-7-15(12)13/h1-9,18H,10-11H2,(H,19,20). The van der Waals surface area contributed by atoms with Crippen molar-refractivity contribution in [2.45, 2.75) is 13.1 Å². The first-order chi connectivity index (χ1) is 10.3. The average molecular weight is 297 g/mol. The normalized spacial score (nSPS) is 10.9. The summed E-state index contributed by atoms with van der Waals surface area (Å²) in [5.41, 5.74) is 2.06. The zero-order valence-corrected chi connectivity index (χ0v) is 12.2. The van der Waals surface area contributed by atoms with Crippen molar-refractivity contribution in [3.05, 3.63) is 69.9 Å². The van der Waals surface area contributed by atoms with E-state index < -0.39 is 5.97 Å². The molecular weight excluding hydrogens is 282 g/mol. The number of nitrogens with one attached hydrogen (secondary N) is 1. The van der Waals surface area contributed by atoms with Crippen LogP contribution < -0.4 is 5.32 Å². The Bertz CT molecular complexity index is 774. The van der Waals surface area contributed by atoms with Crippen LogP contribution in [0.1, 0.15) is 20.8 Å². The number of aromatic carboxylic acids is 1. The summed E-state index contributed by atoms with van der Waals surface area (Å²) in [6, 6.07) is 16.4. The second-order valence-corrected chi connectivity index (χ2v) is 5.74. The molecule has 1 aromatic heterocycles. The summed E-state index contributed by atoms with van der Waals surface area (Å²) < 4.78 is 0. The van der Waals surface area contributed by atoms with Crippen LogP contribution in [-0.2, 0) is 13.1 Å². The molecule has 3 nitrogen and oxygen atoms in total. The maximum atomic E-state index is 11.1. The van der Waals surface area contributed by atoms with Crippen molar-refractivity contribution in [3.63, 3.8) is 0 Å². The van der Waals surface area contributed by atoms with Crippen molar-refractivity contribution in [1.82, 2.24) is 5.32 Å². The molecule has 106 valence electrons. The van der Waals surface area contributed by atoms with E-state index in [1.165, 1.54) is 27.7 Å². The van der Waals surface area contributed by atoms with Gasteiger partial charge in [0.2, 0.25) is 0 Å². The van der Waals surface area contributed by atoms with Crippen LogP contribution in [0.25, 0.3) is 10.8 Å². The highest BCUT2D eigenvalue weighted by Crippen LogP contribution is 2.19. The molecule has 0 atom stereocenters. The van der Waals surface area contributed by atoms with E-state index in [4.69, 9.17) is 5.11 Å². The van der Waals surface area contributed by atoms with Gasteiger partial charge in [-0.25, -0.2) is 4.79 Å². The highest BCUT2D eigenvalue weighted by molar-refractivity contribution is 7.12. The maximum absolute atomic E-state index is 11.1. The van der Waals surface area contributed by atoms with E-state index >= 15 is 0 Å². The third-order valence-corrected chi connectivity index (χ3v) is 4.40. The maximum Gasteiger partial charge on any atom is 0.346 e. The molecule has 1 heterocycles. The number of benzene rings is 2. The molecule has 0 saturated heterocycles. The molecule has 0 saturated carbocycles. The molecule has 0 aliphatic rings. The van der Waals surface area contributed by atoms with Crippen molar-refractivity contribution >= 4 is 28.1 Å². The van der Waals surface area contributed by atoms with Gasteiger partial charge < -0.3 is 10.4 Å². The lowest BCUT2D eigenvalue weighted by Crippen LogP contribution is -2.14. The van der Waals surface area contributed by atoms with Crippen molar-refractivity contribution < 1.29 is 9.90 Å². The van der Waals surface area contributed by atoms with Gasteiger partial charge in [0.15, 0.2) is 0 Å². The molecule has 0 fully saturated rings. The predicted molar refractivity (Wildman–Crippen MR) is 85.8 cm³/mol. The molecule has 3 aromatic rings. The second-order valence-electron chi connectivity index (χ2n) is 4.82. The van der Waals surface area contributed by atoms with Gasteiger partial charge >= 0.3 is 5.97 Å². The van der Waals surface area contributed by atoms with Gasteiger partial charge in [-0.05, 0) is 33.3 Å². The summed E-state index contributed by atoms with van der Waals surface area (Å²) in [6.07, 6.45) is 0. The molecule has 0 bridgehead atoms. The SMILES string of the molecule is O=C(O)c1sccc1CNCc1cccc2ccccc12. The van der Waals surface area contributed by atoms with Crippen LogP contribution >= 0.6 is 11.3 Å². The van der Waals surface area contributed by atoms with Crippen LogP contribution in [0.3, 0.4) is 0 Å². The first-order valence-electron chi connectivity index (χ1n) is 6.73. The minimum Gasteiger partial charge on any atom is -0.477 e. The van der Waals surface area contributed by atoms with E-state index in [2.05, 4.69) is 29.6 Å². The highest BCUT2D eigenvalue weighted by Gasteiger charge is 2.11. The van der Waals surface area contributed by atoms with E-state index in [9.17, 15) is 4.79 Å². The summed E-state index contributed by atoms with van der Waals surface area (Å²) >= 11 is 1.27. The Labute approximate surface area is 126 Å². The summed E-state index contributed by atoms with van der Waals surface area (Å²) in [5, 5.41) is 16.7. The van der Waals surface area contributed by atoms with E-state index in [1.54, 1.807) is 0 Å².